The molecule has 0 bridgehead atoms. The minimum absolute atomic E-state index is 0.0732. The van der Waals surface area contributed by atoms with Crippen molar-refractivity contribution in [3.05, 3.63) is 0 Å². The largest absolute Gasteiger partial charge is 0.395 e. The Kier molecular flexibility index (Phi) is 6.13. The van der Waals surface area contributed by atoms with E-state index in [2.05, 4.69) is 5.32 Å². The van der Waals surface area contributed by atoms with E-state index < -0.39 is 19.0 Å². The quantitative estimate of drug-likeness (QED) is 0.663. The molecule has 0 aliphatic rings. The maximum Gasteiger partial charge on any atom is 0.317 e. The van der Waals surface area contributed by atoms with Crippen LogP contribution in [0.15, 0.2) is 0 Å². The predicted molar refractivity (Wildman–Crippen MR) is 43.7 cm³/mol. The predicted octanol–water partition coefficient (Wildman–Crippen LogP) is 0.275. The van der Waals surface area contributed by atoms with Crippen molar-refractivity contribution in [1.82, 2.24) is 10.2 Å². The number of rotatable bonds is 5. The van der Waals surface area contributed by atoms with E-state index in [9.17, 15) is 13.6 Å². The Labute approximate surface area is 75.5 Å². The lowest BCUT2D eigenvalue weighted by molar-refractivity contribution is 0.0905. The lowest BCUT2D eigenvalue weighted by atomic mass is 10.5. The first kappa shape index (κ1) is 12.1. The molecule has 0 aliphatic carbocycles. The van der Waals surface area contributed by atoms with Gasteiger partial charge in [-0.15, -0.1) is 0 Å². The monoisotopic (exact) mass is 196 g/mol. The Morgan fingerprint density at radius 1 is 1.62 bits per heavy atom. The Bertz CT molecular complexity index is 155. The molecule has 78 valence electrons. The van der Waals surface area contributed by atoms with Gasteiger partial charge in [-0.2, -0.15) is 0 Å². The molecule has 0 aromatic carbocycles. The zero-order valence-electron chi connectivity index (χ0n) is 7.46. The maximum atomic E-state index is 11.9. The van der Waals surface area contributed by atoms with Crippen LogP contribution >= 0.6 is 0 Å². The first-order valence-electron chi connectivity index (χ1n) is 4.03. The Morgan fingerprint density at radius 2 is 2.23 bits per heavy atom. The van der Waals surface area contributed by atoms with Crippen molar-refractivity contribution < 1.29 is 18.7 Å². The molecule has 6 heteroatoms. The molecule has 0 fully saturated rings. The minimum atomic E-state index is -2.57. The number of alkyl halides is 2. The van der Waals surface area contributed by atoms with E-state index in [4.69, 9.17) is 5.11 Å². The number of aliphatic hydroxyl groups excluding tert-OH is 1. The third-order valence-electron chi connectivity index (χ3n) is 1.34. The molecule has 0 aromatic heterocycles. The van der Waals surface area contributed by atoms with Crippen molar-refractivity contribution in [2.45, 2.75) is 13.3 Å². The van der Waals surface area contributed by atoms with Gasteiger partial charge in [0.15, 0.2) is 0 Å². The van der Waals surface area contributed by atoms with E-state index in [-0.39, 0.29) is 13.2 Å². The Hall–Kier alpha value is -0.910. The van der Waals surface area contributed by atoms with Crippen LogP contribution in [0.3, 0.4) is 0 Å². The number of urea groups is 1. The van der Waals surface area contributed by atoms with Gasteiger partial charge in [0.25, 0.3) is 6.43 Å². The second-order valence-electron chi connectivity index (χ2n) is 2.40. The normalized spacial score (nSPS) is 10.2. The topological polar surface area (TPSA) is 52.6 Å². The first-order valence-corrected chi connectivity index (χ1v) is 4.03. The van der Waals surface area contributed by atoms with Gasteiger partial charge in [0, 0.05) is 13.1 Å². The molecule has 0 radical (unpaired) electrons. The van der Waals surface area contributed by atoms with Crippen molar-refractivity contribution >= 4 is 6.03 Å². The van der Waals surface area contributed by atoms with Crippen LogP contribution in [0.2, 0.25) is 0 Å². The number of hydrogen-bond acceptors (Lipinski definition) is 2. The summed E-state index contributed by atoms with van der Waals surface area (Å²) < 4.78 is 23.8. The van der Waals surface area contributed by atoms with E-state index in [1.54, 1.807) is 6.92 Å². The van der Waals surface area contributed by atoms with Gasteiger partial charge in [0.05, 0.1) is 13.2 Å². The van der Waals surface area contributed by atoms with Gasteiger partial charge in [-0.25, -0.2) is 13.6 Å². The minimum Gasteiger partial charge on any atom is -0.395 e. The third-order valence-corrected chi connectivity index (χ3v) is 1.34. The van der Waals surface area contributed by atoms with Crippen LogP contribution in [0.25, 0.3) is 0 Å². The summed E-state index contributed by atoms with van der Waals surface area (Å²) in [5.74, 6) is 0. The fourth-order valence-corrected chi connectivity index (χ4v) is 0.826. The second kappa shape index (κ2) is 6.59. The maximum absolute atomic E-state index is 11.9. The summed E-state index contributed by atoms with van der Waals surface area (Å²) in [6, 6.07) is -0.572. The highest BCUT2D eigenvalue weighted by Gasteiger charge is 2.16. The molecule has 0 rings (SSSR count). The number of carbonyl (C=O) groups is 1. The molecular weight excluding hydrogens is 182 g/mol. The fraction of sp³-hybridized carbons (Fsp3) is 0.857. The number of hydrogen-bond donors (Lipinski definition) is 2. The van der Waals surface area contributed by atoms with Gasteiger partial charge in [0.2, 0.25) is 0 Å². The molecule has 4 nitrogen and oxygen atoms in total. The molecule has 2 amide bonds. The third kappa shape index (κ3) is 5.35. The van der Waals surface area contributed by atoms with Gasteiger partial charge in [-0.3, -0.25) is 0 Å². The van der Waals surface area contributed by atoms with E-state index in [0.717, 1.165) is 4.90 Å². The molecule has 0 aromatic rings. The van der Waals surface area contributed by atoms with Crippen LogP contribution < -0.4 is 5.32 Å². The SMILES string of the molecule is CCNC(=O)N(CCO)CC(F)F. The van der Waals surface area contributed by atoms with Crippen molar-refractivity contribution in [2.75, 3.05) is 26.2 Å². The average Bonchev–Trinajstić information content (AvgIpc) is 2.03. The summed E-state index contributed by atoms with van der Waals surface area (Å²) in [6.45, 7) is 1.04. The lowest BCUT2D eigenvalue weighted by Gasteiger charge is -2.21. The van der Waals surface area contributed by atoms with Crippen molar-refractivity contribution in [3.8, 4) is 0 Å². The summed E-state index contributed by atoms with van der Waals surface area (Å²) >= 11 is 0. The summed E-state index contributed by atoms with van der Waals surface area (Å²) in [5, 5.41) is 10.9. The Morgan fingerprint density at radius 3 is 2.62 bits per heavy atom. The first-order chi connectivity index (χ1) is 6.11. The van der Waals surface area contributed by atoms with Crippen LogP contribution in [0.5, 0.6) is 0 Å². The molecular formula is C7H14F2N2O2. The van der Waals surface area contributed by atoms with Crippen molar-refractivity contribution in [3.63, 3.8) is 0 Å². The van der Waals surface area contributed by atoms with Crippen LogP contribution in [0.1, 0.15) is 6.92 Å². The van der Waals surface area contributed by atoms with Crippen LogP contribution in [-0.2, 0) is 0 Å². The summed E-state index contributed by atoms with van der Waals surface area (Å²) in [5.41, 5.74) is 0. The van der Waals surface area contributed by atoms with E-state index in [1.165, 1.54) is 0 Å². The van der Waals surface area contributed by atoms with Crippen LogP contribution in [-0.4, -0.2) is 48.7 Å². The molecule has 0 spiro atoms. The van der Waals surface area contributed by atoms with Gasteiger partial charge in [0.1, 0.15) is 0 Å². The average molecular weight is 196 g/mol. The highest BCUT2D eigenvalue weighted by atomic mass is 19.3. The molecule has 0 unspecified atom stereocenters. The number of carbonyl (C=O) groups excluding carboxylic acids is 1. The second-order valence-corrected chi connectivity index (χ2v) is 2.40. The molecule has 0 aliphatic heterocycles. The molecule has 2 N–H and O–H groups in total. The number of nitrogens with one attached hydrogen (secondary N) is 1. The number of nitrogens with zero attached hydrogens (tertiary/aromatic N) is 1. The summed E-state index contributed by atoms with van der Waals surface area (Å²) in [7, 11) is 0. The summed E-state index contributed by atoms with van der Waals surface area (Å²) in [6.07, 6.45) is -2.57. The van der Waals surface area contributed by atoms with Crippen LogP contribution in [0, 0.1) is 0 Å². The number of aliphatic hydroxyl groups is 1. The molecule has 0 heterocycles. The van der Waals surface area contributed by atoms with Crippen molar-refractivity contribution in [2.24, 2.45) is 0 Å². The van der Waals surface area contributed by atoms with Gasteiger partial charge >= 0.3 is 6.03 Å². The highest BCUT2D eigenvalue weighted by Crippen LogP contribution is 1.98. The highest BCUT2D eigenvalue weighted by molar-refractivity contribution is 5.74. The molecule has 13 heavy (non-hydrogen) atoms. The fourth-order valence-electron chi connectivity index (χ4n) is 0.826. The lowest BCUT2D eigenvalue weighted by Crippen LogP contribution is -2.43. The zero-order chi connectivity index (χ0) is 10.3. The summed E-state index contributed by atoms with van der Waals surface area (Å²) in [4.78, 5) is 11.9. The van der Waals surface area contributed by atoms with Gasteiger partial charge < -0.3 is 15.3 Å². The van der Waals surface area contributed by atoms with Crippen molar-refractivity contribution in [1.29, 1.82) is 0 Å². The molecule has 0 saturated carbocycles. The Balaban J connectivity index is 3.98. The smallest absolute Gasteiger partial charge is 0.317 e. The van der Waals surface area contributed by atoms with E-state index >= 15 is 0 Å². The van der Waals surface area contributed by atoms with Gasteiger partial charge in [-0.05, 0) is 6.92 Å². The van der Waals surface area contributed by atoms with E-state index in [0.29, 0.717) is 6.54 Å². The standard InChI is InChI=1S/C7H14F2N2O2/c1-2-10-7(13)11(3-4-12)5-6(8)9/h6,12H,2-5H2,1H3,(H,10,13). The number of halogens is 2. The number of amides is 2. The van der Waals surface area contributed by atoms with Crippen LogP contribution in [0.4, 0.5) is 13.6 Å². The molecule has 0 saturated heterocycles. The zero-order valence-corrected chi connectivity index (χ0v) is 7.46. The van der Waals surface area contributed by atoms with Gasteiger partial charge in [-0.1, -0.05) is 0 Å². The van der Waals surface area contributed by atoms with E-state index in [1.807, 2.05) is 0 Å². The molecule has 0 atom stereocenters.